The summed E-state index contributed by atoms with van der Waals surface area (Å²) in [7, 11) is 0. The first-order valence-electron chi connectivity index (χ1n) is 7.08. The van der Waals surface area contributed by atoms with Gasteiger partial charge in [-0.3, -0.25) is 4.79 Å². The molecule has 3 rings (SSSR count). The lowest BCUT2D eigenvalue weighted by Gasteiger charge is -2.14. The first-order valence-corrected chi connectivity index (χ1v) is 8.07. The van der Waals surface area contributed by atoms with Crippen LogP contribution in [0.4, 0.5) is 8.78 Å². The predicted octanol–water partition coefficient (Wildman–Crippen LogP) is 3.86. The molecule has 1 N–H and O–H groups in total. The van der Waals surface area contributed by atoms with E-state index in [4.69, 9.17) is 0 Å². The van der Waals surface area contributed by atoms with Gasteiger partial charge in [0, 0.05) is 4.90 Å². The second-order valence-corrected chi connectivity index (χ2v) is 6.27. The molecule has 0 fully saturated rings. The highest BCUT2D eigenvalue weighted by Crippen LogP contribution is 2.30. The number of hydrogen-bond donors (Lipinski definition) is 1. The van der Waals surface area contributed by atoms with Gasteiger partial charge < -0.3 is 5.32 Å². The smallest absolute Gasteiger partial charge is 0.230 e. The maximum absolute atomic E-state index is 13.1. The van der Waals surface area contributed by atoms with Gasteiger partial charge in [-0.05, 0) is 42.2 Å². The number of nitrogens with one attached hydrogen (secondary N) is 1. The Labute approximate surface area is 131 Å². The number of fused-ring (bicyclic) bond motifs is 1. The van der Waals surface area contributed by atoms with Gasteiger partial charge in [-0.15, -0.1) is 11.8 Å². The monoisotopic (exact) mass is 319 g/mol. The summed E-state index contributed by atoms with van der Waals surface area (Å²) < 4.78 is 26.0. The molecule has 2 nitrogen and oxygen atoms in total. The molecular weight excluding hydrogens is 304 g/mol. The van der Waals surface area contributed by atoms with E-state index in [9.17, 15) is 13.6 Å². The van der Waals surface area contributed by atoms with Crippen LogP contribution in [0.3, 0.4) is 0 Å². The van der Waals surface area contributed by atoms with E-state index < -0.39 is 11.6 Å². The van der Waals surface area contributed by atoms with Crippen molar-refractivity contribution in [2.75, 3.05) is 5.75 Å². The second-order valence-electron chi connectivity index (χ2n) is 5.22. The van der Waals surface area contributed by atoms with Crippen LogP contribution in [0.1, 0.15) is 23.6 Å². The van der Waals surface area contributed by atoms with E-state index in [-0.39, 0.29) is 17.7 Å². The highest BCUT2D eigenvalue weighted by molar-refractivity contribution is 8.00. The molecule has 0 spiro atoms. The molecule has 0 heterocycles. The van der Waals surface area contributed by atoms with Crippen molar-refractivity contribution in [2.24, 2.45) is 0 Å². The number of carbonyl (C=O) groups is 1. The van der Waals surface area contributed by atoms with Gasteiger partial charge in [-0.2, -0.15) is 0 Å². The first-order chi connectivity index (χ1) is 10.6. The summed E-state index contributed by atoms with van der Waals surface area (Å²) >= 11 is 1.20. The van der Waals surface area contributed by atoms with E-state index in [1.165, 1.54) is 29.0 Å². The Morgan fingerprint density at radius 1 is 1.18 bits per heavy atom. The average molecular weight is 319 g/mol. The van der Waals surface area contributed by atoms with Crippen molar-refractivity contribution < 1.29 is 13.6 Å². The van der Waals surface area contributed by atoms with Gasteiger partial charge in [0.05, 0.1) is 11.8 Å². The molecule has 1 atom stereocenters. The minimum atomic E-state index is -0.893. The summed E-state index contributed by atoms with van der Waals surface area (Å²) in [5.41, 5.74) is 2.45. The second kappa shape index (κ2) is 6.48. The molecule has 22 heavy (non-hydrogen) atoms. The Morgan fingerprint density at radius 2 is 2.00 bits per heavy atom. The van der Waals surface area contributed by atoms with E-state index in [0.717, 1.165) is 25.0 Å². The summed E-state index contributed by atoms with van der Waals surface area (Å²) in [5, 5.41) is 3.00. The molecule has 5 heteroatoms. The van der Waals surface area contributed by atoms with Crippen molar-refractivity contribution in [1.29, 1.82) is 0 Å². The average Bonchev–Trinajstić information content (AvgIpc) is 2.92. The highest BCUT2D eigenvalue weighted by atomic mass is 32.2. The lowest BCUT2D eigenvalue weighted by atomic mass is 10.1. The number of aryl methyl sites for hydroxylation is 1. The van der Waals surface area contributed by atoms with Gasteiger partial charge in [0.15, 0.2) is 11.6 Å². The maximum Gasteiger partial charge on any atom is 0.230 e. The normalized spacial score (nSPS) is 16.4. The number of carbonyl (C=O) groups excluding carboxylic acids is 1. The Morgan fingerprint density at radius 3 is 2.82 bits per heavy atom. The van der Waals surface area contributed by atoms with Crippen LogP contribution in [-0.2, 0) is 11.2 Å². The summed E-state index contributed by atoms with van der Waals surface area (Å²) in [4.78, 5) is 12.6. The Bertz CT molecular complexity index is 705. The molecule has 1 aliphatic carbocycles. The van der Waals surface area contributed by atoms with Crippen molar-refractivity contribution in [1.82, 2.24) is 5.32 Å². The predicted molar refractivity (Wildman–Crippen MR) is 82.7 cm³/mol. The van der Waals surface area contributed by atoms with Crippen LogP contribution < -0.4 is 5.32 Å². The minimum Gasteiger partial charge on any atom is -0.349 e. The number of rotatable bonds is 4. The largest absolute Gasteiger partial charge is 0.349 e. The molecule has 0 saturated heterocycles. The Hall–Kier alpha value is -1.88. The van der Waals surface area contributed by atoms with Crippen molar-refractivity contribution in [3.63, 3.8) is 0 Å². The number of thioether (sulfide) groups is 1. The third-order valence-electron chi connectivity index (χ3n) is 3.73. The first kappa shape index (κ1) is 15.0. The van der Waals surface area contributed by atoms with Crippen LogP contribution in [0.15, 0.2) is 47.4 Å². The van der Waals surface area contributed by atoms with Crippen LogP contribution >= 0.6 is 11.8 Å². The van der Waals surface area contributed by atoms with Crippen molar-refractivity contribution in [3.05, 3.63) is 65.2 Å². The van der Waals surface area contributed by atoms with Crippen LogP contribution in [0.5, 0.6) is 0 Å². The number of amides is 1. The summed E-state index contributed by atoms with van der Waals surface area (Å²) in [6.07, 6.45) is 1.87. The van der Waals surface area contributed by atoms with Gasteiger partial charge in [0.1, 0.15) is 0 Å². The topological polar surface area (TPSA) is 29.1 Å². The molecule has 1 amide bonds. The molecular formula is C17H15F2NOS. The van der Waals surface area contributed by atoms with Gasteiger partial charge in [-0.1, -0.05) is 24.3 Å². The van der Waals surface area contributed by atoms with E-state index in [1.54, 1.807) is 0 Å². The fourth-order valence-corrected chi connectivity index (χ4v) is 3.39. The summed E-state index contributed by atoms with van der Waals surface area (Å²) in [6.45, 7) is 0. The third kappa shape index (κ3) is 3.30. The highest BCUT2D eigenvalue weighted by Gasteiger charge is 2.23. The lowest BCUT2D eigenvalue weighted by Crippen LogP contribution is -2.28. The van der Waals surface area contributed by atoms with Gasteiger partial charge >= 0.3 is 0 Å². The lowest BCUT2D eigenvalue weighted by molar-refractivity contribution is -0.119. The van der Waals surface area contributed by atoms with E-state index in [0.29, 0.717) is 4.90 Å². The van der Waals surface area contributed by atoms with Gasteiger partial charge in [0.2, 0.25) is 5.91 Å². The van der Waals surface area contributed by atoms with E-state index >= 15 is 0 Å². The van der Waals surface area contributed by atoms with Crippen molar-refractivity contribution in [3.8, 4) is 0 Å². The zero-order chi connectivity index (χ0) is 15.5. The fraction of sp³-hybridized carbons (Fsp3) is 0.235. The molecule has 0 saturated carbocycles. The molecule has 0 bridgehead atoms. The number of halogens is 2. The van der Waals surface area contributed by atoms with Gasteiger partial charge in [0.25, 0.3) is 0 Å². The molecule has 0 radical (unpaired) electrons. The molecule has 114 valence electrons. The molecule has 1 aliphatic rings. The molecule has 2 aromatic rings. The van der Waals surface area contributed by atoms with E-state index in [2.05, 4.69) is 11.4 Å². The maximum atomic E-state index is 13.1. The summed E-state index contributed by atoms with van der Waals surface area (Å²) in [5.74, 6) is -1.69. The minimum absolute atomic E-state index is 0.0502. The quantitative estimate of drug-likeness (QED) is 0.867. The molecule has 1 unspecified atom stereocenters. The molecule has 0 aliphatic heterocycles. The molecule has 2 aromatic carbocycles. The van der Waals surface area contributed by atoms with Crippen LogP contribution in [0.25, 0.3) is 0 Å². The fourth-order valence-electron chi connectivity index (χ4n) is 2.66. The van der Waals surface area contributed by atoms with Crippen molar-refractivity contribution in [2.45, 2.75) is 23.8 Å². The van der Waals surface area contributed by atoms with Crippen LogP contribution in [0, 0.1) is 11.6 Å². The zero-order valence-electron chi connectivity index (χ0n) is 11.8. The number of benzene rings is 2. The standard InChI is InChI=1S/C17H15F2NOS/c18-14-7-6-12(9-15(14)19)22-10-17(21)20-16-8-5-11-3-1-2-4-13(11)16/h1-4,6-7,9,16H,5,8,10H2,(H,20,21). The third-order valence-corrected chi connectivity index (χ3v) is 4.72. The summed E-state index contributed by atoms with van der Waals surface area (Å²) in [6, 6.07) is 11.8. The SMILES string of the molecule is O=C(CSc1ccc(F)c(F)c1)NC1CCc2ccccc21. The van der Waals surface area contributed by atoms with Gasteiger partial charge in [-0.25, -0.2) is 8.78 Å². The Balaban J connectivity index is 1.56. The zero-order valence-corrected chi connectivity index (χ0v) is 12.6. The van der Waals surface area contributed by atoms with Crippen molar-refractivity contribution >= 4 is 17.7 Å². The molecule has 0 aromatic heterocycles. The van der Waals surface area contributed by atoms with Crippen LogP contribution in [0.2, 0.25) is 0 Å². The van der Waals surface area contributed by atoms with E-state index in [1.807, 2.05) is 18.2 Å². The number of hydrogen-bond acceptors (Lipinski definition) is 2. The Kier molecular flexibility index (Phi) is 4.43. The van der Waals surface area contributed by atoms with Crippen LogP contribution in [-0.4, -0.2) is 11.7 Å².